The minimum Gasteiger partial charge on any atom is -0.321 e. The standard InChI is InChI=1S/C23H18BrN3O2S3/c1-14(21(28)27-23-26-19(13-31-23)15-7-9-16(24)10-8-15)32-18-5-2-4-17(12-18)25-22(29)20-6-3-11-30-20/h2-14H,1H3,(H,25,29)(H,26,27,28). The Morgan fingerprint density at radius 2 is 1.84 bits per heavy atom. The number of thiophene rings is 1. The van der Waals surface area contributed by atoms with Gasteiger partial charge in [-0.3, -0.25) is 9.59 Å². The topological polar surface area (TPSA) is 71.1 Å². The molecular weight excluding hydrogens is 526 g/mol. The predicted octanol–water partition coefficient (Wildman–Crippen LogP) is 7.01. The summed E-state index contributed by atoms with van der Waals surface area (Å²) < 4.78 is 1.01. The first-order valence-corrected chi connectivity index (χ1v) is 13.0. The van der Waals surface area contributed by atoms with Crippen LogP contribution in [0.5, 0.6) is 0 Å². The largest absolute Gasteiger partial charge is 0.321 e. The van der Waals surface area contributed by atoms with Crippen LogP contribution in [0.4, 0.5) is 10.8 Å². The molecule has 162 valence electrons. The third-order valence-electron chi connectivity index (χ3n) is 4.39. The number of amides is 2. The molecule has 4 aromatic rings. The average molecular weight is 545 g/mol. The van der Waals surface area contributed by atoms with Gasteiger partial charge in [0, 0.05) is 26.0 Å². The fourth-order valence-electron chi connectivity index (χ4n) is 2.80. The Labute approximate surface area is 206 Å². The number of carbonyl (C=O) groups is 2. The number of carbonyl (C=O) groups excluding carboxylic acids is 2. The highest BCUT2D eigenvalue weighted by molar-refractivity contribution is 9.10. The highest BCUT2D eigenvalue weighted by atomic mass is 79.9. The first kappa shape index (κ1) is 22.7. The molecular formula is C23H18BrN3O2S3. The van der Waals surface area contributed by atoms with Crippen molar-refractivity contribution in [3.05, 3.63) is 80.8 Å². The number of thioether (sulfide) groups is 1. The number of halogens is 1. The molecule has 32 heavy (non-hydrogen) atoms. The van der Waals surface area contributed by atoms with Gasteiger partial charge in [0.2, 0.25) is 5.91 Å². The van der Waals surface area contributed by atoms with Crippen molar-refractivity contribution in [3.63, 3.8) is 0 Å². The summed E-state index contributed by atoms with van der Waals surface area (Å²) in [6.45, 7) is 1.85. The highest BCUT2D eigenvalue weighted by Gasteiger charge is 2.17. The van der Waals surface area contributed by atoms with Crippen LogP contribution >= 0.6 is 50.4 Å². The fraction of sp³-hybridized carbons (Fsp3) is 0.0870. The molecule has 5 nitrogen and oxygen atoms in total. The lowest BCUT2D eigenvalue weighted by atomic mass is 10.2. The first-order valence-electron chi connectivity index (χ1n) is 9.62. The second kappa shape index (κ2) is 10.4. The zero-order chi connectivity index (χ0) is 22.5. The van der Waals surface area contributed by atoms with Gasteiger partial charge in [-0.2, -0.15) is 0 Å². The Morgan fingerprint density at radius 1 is 1.03 bits per heavy atom. The third-order valence-corrected chi connectivity index (χ3v) is 7.64. The van der Waals surface area contributed by atoms with E-state index < -0.39 is 0 Å². The number of anilines is 2. The van der Waals surface area contributed by atoms with E-state index in [1.54, 1.807) is 6.07 Å². The number of benzene rings is 2. The molecule has 9 heteroatoms. The monoisotopic (exact) mass is 543 g/mol. The van der Waals surface area contributed by atoms with Crippen molar-refractivity contribution in [2.45, 2.75) is 17.1 Å². The fourth-order valence-corrected chi connectivity index (χ4v) is 5.33. The van der Waals surface area contributed by atoms with Crippen LogP contribution in [0.25, 0.3) is 11.3 Å². The van der Waals surface area contributed by atoms with Gasteiger partial charge >= 0.3 is 0 Å². The van der Waals surface area contributed by atoms with E-state index in [1.165, 1.54) is 34.4 Å². The van der Waals surface area contributed by atoms with Crippen LogP contribution in [-0.2, 0) is 4.79 Å². The van der Waals surface area contributed by atoms with Crippen LogP contribution in [0, 0.1) is 0 Å². The summed E-state index contributed by atoms with van der Waals surface area (Å²) in [5, 5.41) is 9.82. The van der Waals surface area contributed by atoms with Crippen LogP contribution in [0.1, 0.15) is 16.6 Å². The SMILES string of the molecule is CC(Sc1cccc(NC(=O)c2cccs2)c1)C(=O)Nc1nc(-c2ccc(Br)cc2)cs1. The minimum atomic E-state index is -0.335. The summed E-state index contributed by atoms with van der Waals surface area (Å²) >= 11 is 7.64. The Bertz CT molecular complexity index is 1220. The first-order chi connectivity index (χ1) is 15.5. The number of nitrogens with one attached hydrogen (secondary N) is 2. The van der Waals surface area contributed by atoms with Gasteiger partial charge in [0.1, 0.15) is 0 Å². The lowest BCUT2D eigenvalue weighted by Crippen LogP contribution is -2.22. The number of rotatable bonds is 7. The second-order valence-corrected chi connectivity index (χ2v) is 10.9. The number of aromatic nitrogens is 1. The number of nitrogens with zero attached hydrogens (tertiary/aromatic N) is 1. The van der Waals surface area contributed by atoms with Crippen LogP contribution in [0.2, 0.25) is 0 Å². The number of thiazole rings is 1. The summed E-state index contributed by atoms with van der Waals surface area (Å²) in [4.78, 5) is 31.0. The van der Waals surface area contributed by atoms with Gasteiger partial charge in [0.15, 0.2) is 5.13 Å². The van der Waals surface area contributed by atoms with Gasteiger partial charge in [-0.1, -0.05) is 40.2 Å². The molecule has 2 aromatic carbocycles. The van der Waals surface area contributed by atoms with Gasteiger partial charge in [-0.15, -0.1) is 34.4 Å². The van der Waals surface area contributed by atoms with Gasteiger partial charge in [-0.05, 0) is 48.7 Å². The molecule has 2 amide bonds. The number of hydrogen-bond acceptors (Lipinski definition) is 6. The quantitative estimate of drug-likeness (QED) is 0.246. The molecule has 0 radical (unpaired) electrons. The maximum absolute atomic E-state index is 12.7. The van der Waals surface area contributed by atoms with Crippen molar-refractivity contribution in [1.29, 1.82) is 0 Å². The Balaban J connectivity index is 1.36. The Hall–Kier alpha value is -2.46. The van der Waals surface area contributed by atoms with E-state index in [1.807, 2.05) is 72.3 Å². The van der Waals surface area contributed by atoms with Crippen LogP contribution in [0.3, 0.4) is 0 Å². The van der Waals surface area contributed by atoms with E-state index in [0.29, 0.717) is 15.7 Å². The van der Waals surface area contributed by atoms with Crippen molar-refractivity contribution in [2.24, 2.45) is 0 Å². The molecule has 0 spiro atoms. The van der Waals surface area contributed by atoms with Crippen LogP contribution < -0.4 is 10.6 Å². The molecule has 0 saturated carbocycles. The molecule has 0 saturated heterocycles. The molecule has 0 aliphatic carbocycles. The predicted molar refractivity (Wildman–Crippen MR) is 138 cm³/mol. The molecule has 0 aliphatic heterocycles. The summed E-state index contributed by atoms with van der Waals surface area (Å²) in [6.07, 6.45) is 0. The normalized spacial score (nSPS) is 11.7. The van der Waals surface area contributed by atoms with Crippen molar-refractivity contribution in [1.82, 2.24) is 4.98 Å². The molecule has 2 aromatic heterocycles. The summed E-state index contributed by atoms with van der Waals surface area (Å²) in [5.74, 6) is -0.266. The molecule has 1 atom stereocenters. The zero-order valence-electron chi connectivity index (χ0n) is 16.9. The van der Waals surface area contributed by atoms with E-state index in [-0.39, 0.29) is 17.1 Å². The third kappa shape index (κ3) is 5.86. The van der Waals surface area contributed by atoms with E-state index >= 15 is 0 Å². The molecule has 0 aliphatic rings. The van der Waals surface area contributed by atoms with E-state index in [0.717, 1.165) is 20.6 Å². The minimum absolute atomic E-state index is 0.125. The zero-order valence-corrected chi connectivity index (χ0v) is 20.9. The molecule has 0 fully saturated rings. The van der Waals surface area contributed by atoms with Crippen molar-refractivity contribution in [2.75, 3.05) is 10.6 Å². The van der Waals surface area contributed by atoms with Gasteiger partial charge in [-0.25, -0.2) is 4.98 Å². The van der Waals surface area contributed by atoms with E-state index in [9.17, 15) is 9.59 Å². The lowest BCUT2D eigenvalue weighted by Gasteiger charge is -2.12. The molecule has 0 bridgehead atoms. The number of hydrogen-bond donors (Lipinski definition) is 2. The van der Waals surface area contributed by atoms with Gasteiger partial charge < -0.3 is 10.6 Å². The van der Waals surface area contributed by atoms with E-state index in [2.05, 4.69) is 31.5 Å². The molecule has 1 unspecified atom stereocenters. The summed E-state index contributed by atoms with van der Waals surface area (Å²) in [6, 6.07) is 19.0. The molecule has 2 heterocycles. The Morgan fingerprint density at radius 3 is 2.59 bits per heavy atom. The maximum Gasteiger partial charge on any atom is 0.265 e. The van der Waals surface area contributed by atoms with Crippen LogP contribution in [0.15, 0.2) is 80.8 Å². The van der Waals surface area contributed by atoms with Crippen molar-refractivity contribution < 1.29 is 9.59 Å². The van der Waals surface area contributed by atoms with Crippen LogP contribution in [-0.4, -0.2) is 22.0 Å². The maximum atomic E-state index is 12.7. The lowest BCUT2D eigenvalue weighted by molar-refractivity contribution is -0.115. The van der Waals surface area contributed by atoms with E-state index in [4.69, 9.17) is 0 Å². The summed E-state index contributed by atoms with van der Waals surface area (Å²) in [5.41, 5.74) is 2.51. The smallest absolute Gasteiger partial charge is 0.265 e. The van der Waals surface area contributed by atoms with Gasteiger partial charge in [0.05, 0.1) is 15.8 Å². The highest BCUT2D eigenvalue weighted by Crippen LogP contribution is 2.29. The molecule has 4 rings (SSSR count). The Kier molecular flexibility index (Phi) is 7.41. The second-order valence-electron chi connectivity index (χ2n) is 6.75. The molecule has 2 N–H and O–H groups in total. The average Bonchev–Trinajstić information content (AvgIpc) is 3.47. The summed E-state index contributed by atoms with van der Waals surface area (Å²) in [7, 11) is 0. The van der Waals surface area contributed by atoms with Gasteiger partial charge in [0.25, 0.3) is 5.91 Å². The van der Waals surface area contributed by atoms with Crippen molar-refractivity contribution >= 4 is 73.0 Å². The van der Waals surface area contributed by atoms with Crippen molar-refractivity contribution in [3.8, 4) is 11.3 Å².